The molecule has 0 fully saturated rings. The maximum atomic E-state index is 12.0. The largest absolute Gasteiger partial charge is 0.480 e. The molecule has 0 aliphatic heterocycles. The number of carbonyl (C=O) groups excluding carboxylic acids is 1. The number of benzene rings is 1. The van der Waals surface area contributed by atoms with Crippen LogP contribution in [0.4, 0.5) is 11.4 Å². The maximum absolute atomic E-state index is 12.0. The number of carboxylic acids is 1. The first-order valence-electron chi connectivity index (χ1n) is 7.43. The third kappa shape index (κ3) is 5.22. The highest BCUT2D eigenvalue weighted by Gasteiger charge is 2.26. The van der Waals surface area contributed by atoms with Gasteiger partial charge in [0.1, 0.15) is 17.3 Å². The molecular formula is C16H22N2O6. The summed E-state index contributed by atoms with van der Waals surface area (Å²) in [7, 11) is 0. The van der Waals surface area contributed by atoms with E-state index in [-0.39, 0.29) is 22.9 Å². The Balaban J connectivity index is 3.19. The van der Waals surface area contributed by atoms with Crippen LogP contribution in [0.3, 0.4) is 0 Å². The Morgan fingerprint density at radius 3 is 2.29 bits per heavy atom. The van der Waals surface area contributed by atoms with Crippen molar-refractivity contribution in [2.75, 3.05) is 5.32 Å². The van der Waals surface area contributed by atoms with Crippen LogP contribution in [-0.4, -0.2) is 33.6 Å². The Hall–Kier alpha value is -2.64. The maximum Gasteiger partial charge on any atom is 0.338 e. The van der Waals surface area contributed by atoms with E-state index in [2.05, 4.69) is 5.32 Å². The molecule has 8 nitrogen and oxygen atoms in total. The lowest BCUT2D eigenvalue weighted by Crippen LogP contribution is -2.34. The third-order valence-electron chi connectivity index (χ3n) is 3.07. The lowest BCUT2D eigenvalue weighted by Gasteiger charge is -2.20. The molecule has 2 N–H and O–H groups in total. The number of aliphatic carboxylic acids is 1. The third-order valence-corrected chi connectivity index (χ3v) is 3.07. The van der Waals surface area contributed by atoms with Crippen molar-refractivity contribution >= 4 is 23.3 Å². The highest BCUT2D eigenvalue weighted by molar-refractivity contribution is 5.92. The van der Waals surface area contributed by atoms with Gasteiger partial charge in [0, 0.05) is 6.07 Å². The Bertz CT molecular complexity index is 648. The highest BCUT2D eigenvalue weighted by atomic mass is 16.6. The van der Waals surface area contributed by atoms with Gasteiger partial charge in [0.25, 0.3) is 5.69 Å². The number of nitro benzene ring substituents is 1. The molecule has 0 saturated heterocycles. The molecule has 0 saturated carbocycles. The first-order chi connectivity index (χ1) is 10.9. The molecule has 0 aliphatic carbocycles. The SMILES string of the molecule is CC(C)[C@@H](Nc1ccc(C(=O)OC(C)(C)C)cc1[N+](=O)[O-])C(=O)O. The topological polar surface area (TPSA) is 119 Å². The summed E-state index contributed by atoms with van der Waals surface area (Å²) in [5.74, 6) is -2.08. The number of nitrogens with zero attached hydrogens (tertiary/aromatic N) is 1. The summed E-state index contributed by atoms with van der Waals surface area (Å²) in [4.78, 5) is 33.9. The van der Waals surface area contributed by atoms with Crippen LogP contribution in [0.5, 0.6) is 0 Å². The smallest absolute Gasteiger partial charge is 0.338 e. The quantitative estimate of drug-likeness (QED) is 0.465. The molecule has 0 amide bonds. The van der Waals surface area contributed by atoms with Gasteiger partial charge in [0.05, 0.1) is 10.5 Å². The summed E-state index contributed by atoms with van der Waals surface area (Å²) in [6.07, 6.45) is 0. The van der Waals surface area contributed by atoms with Gasteiger partial charge in [0.2, 0.25) is 0 Å². The Kier molecular flexibility index (Phi) is 5.89. The second-order valence-electron chi connectivity index (χ2n) is 6.70. The van der Waals surface area contributed by atoms with Crippen LogP contribution < -0.4 is 5.32 Å². The predicted molar refractivity (Wildman–Crippen MR) is 88.1 cm³/mol. The summed E-state index contributed by atoms with van der Waals surface area (Å²) in [6.45, 7) is 8.44. The molecule has 24 heavy (non-hydrogen) atoms. The van der Waals surface area contributed by atoms with Gasteiger partial charge in [0.15, 0.2) is 0 Å². The van der Waals surface area contributed by atoms with Crippen molar-refractivity contribution in [1.29, 1.82) is 0 Å². The summed E-state index contributed by atoms with van der Waals surface area (Å²) in [5, 5.41) is 23.1. The van der Waals surface area contributed by atoms with E-state index in [0.29, 0.717) is 0 Å². The van der Waals surface area contributed by atoms with E-state index in [1.54, 1.807) is 34.6 Å². The van der Waals surface area contributed by atoms with Gasteiger partial charge in [-0.3, -0.25) is 10.1 Å². The van der Waals surface area contributed by atoms with E-state index < -0.39 is 28.5 Å². The average Bonchev–Trinajstić information content (AvgIpc) is 2.41. The molecule has 0 unspecified atom stereocenters. The van der Waals surface area contributed by atoms with E-state index in [0.717, 1.165) is 6.07 Å². The molecule has 0 spiro atoms. The first kappa shape index (κ1) is 19.4. The van der Waals surface area contributed by atoms with Crippen molar-refractivity contribution in [2.24, 2.45) is 5.92 Å². The van der Waals surface area contributed by atoms with Crippen LogP contribution in [0.2, 0.25) is 0 Å². The van der Waals surface area contributed by atoms with E-state index in [1.807, 2.05) is 0 Å². The number of anilines is 1. The van der Waals surface area contributed by atoms with E-state index >= 15 is 0 Å². The van der Waals surface area contributed by atoms with Gasteiger partial charge in [-0.15, -0.1) is 0 Å². The minimum absolute atomic E-state index is 0.0265. The molecule has 1 aromatic carbocycles. The fourth-order valence-electron chi connectivity index (χ4n) is 1.95. The van der Waals surface area contributed by atoms with Crippen LogP contribution in [0.1, 0.15) is 45.0 Å². The first-order valence-corrected chi connectivity index (χ1v) is 7.43. The van der Waals surface area contributed by atoms with Crippen molar-refractivity contribution in [2.45, 2.75) is 46.3 Å². The van der Waals surface area contributed by atoms with Crippen molar-refractivity contribution < 1.29 is 24.4 Å². The molecule has 0 radical (unpaired) electrons. The highest BCUT2D eigenvalue weighted by Crippen LogP contribution is 2.28. The van der Waals surface area contributed by atoms with E-state index in [4.69, 9.17) is 4.74 Å². The lowest BCUT2D eigenvalue weighted by molar-refractivity contribution is -0.384. The zero-order valence-corrected chi connectivity index (χ0v) is 14.3. The number of carboxylic acid groups (broad SMARTS) is 1. The zero-order valence-electron chi connectivity index (χ0n) is 14.3. The molecule has 132 valence electrons. The Morgan fingerprint density at radius 2 is 1.88 bits per heavy atom. The zero-order chi connectivity index (χ0) is 18.7. The summed E-state index contributed by atoms with van der Waals surface area (Å²) < 4.78 is 5.18. The second-order valence-corrected chi connectivity index (χ2v) is 6.70. The molecule has 1 rings (SSSR count). The number of hydrogen-bond acceptors (Lipinski definition) is 6. The number of ether oxygens (including phenoxy) is 1. The van der Waals surface area contributed by atoms with Crippen molar-refractivity contribution in [3.05, 3.63) is 33.9 Å². The minimum Gasteiger partial charge on any atom is -0.480 e. The summed E-state index contributed by atoms with van der Waals surface area (Å²) in [6, 6.07) is 2.77. The van der Waals surface area contributed by atoms with Crippen LogP contribution >= 0.6 is 0 Å². The normalized spacial score (nSPS) is 12.6. The molecule has 1 atom stereocenters. The molecule has 0 aliphatic rings. The number of carbonyl (C=O) groups is 2. The van der Waals surface area contributed by atoms with Gasteiger partial charge in [-0.25, -0.2) is 9.59 Å². The molecule has 0 heterocycles. The van der Waals surface area contributed by atoms with Gasteiger partial charge in [-0.2, -0.15) is 0 Å². The van der Waals surface area contributed by atoms with Crippen molar-refractivity contribution in [3.8, 4) is 0 Å². The van der Waals surface area contributed by atoms with Crippen LogP contribution in [0, 0.1) is 16.0 Å². The van der Waals surface area contributed by atoms with E-state index in [9.17, 15) is 24.8 Å². The average molecular weight is 338 g/mol. The van der Waals surface area contributed by atoms with Crippen LogP contribution in [-0.2, 0) is 9.53 Å². The molecule has 1 aromatic rings. The summed E-state index contributed by atoms with van der Waals surface area (Å²) in [5.41, 5.74) is -1.05. The van der Waals surface area contributed by atoms with Crippen LogP contribution in [0.25, 0.3) is 0 Å². The fourth-order valence-corrected chi connectivity index (χ4v) is 1.95. The van der Waals surface area contributed by atoms with Crippen molar-refractivity contribution in [1.82, 2.24) is 0 Å². The number of nitro groups is 1. The number of esters is 1. The number of hydrogen-bond donors (Lipinski definition) is 2. The standard InChI is InChI=1S/C16H22N2O6/c1-9(2)13(14(19)20)17-11-7-6-10(8-12(11)18(22)23)15(21)24-16(3,4)5/h6-9,13,17H,1-5H3,(H,19,20)/t13-/m1/s1. The van der Waals surface area contributed by atoms with Gasteiger partial charge in [-0.1, -0.05) is 13.8 Å². The monoisotopic (exact) mass is 338 g/mol. The molecule has 0 bridgehead atoms. The van der Waals surface area contributed by atoms with Crippen molar-refractivity contribution in [3.63, 3.8) is 0 Å². The molecule has 8 heteroatoms. The Morgan fingerprint density at radius 1 is 1.29 bits per heavy atom. The Labute approximate surface area is 140 Å². The van der Waals surface area contributed by atoms with Gasteiger partial charge < -0.3 is 15.2 Å². The molecule has 0 aromatic heterocycles. The lowest BCUT2D eigenvalue weighted by atomic mass is 10.0. The van der Waals surface area contributed by atoms with Gasteiger partial charge in [-0.05, 0) is 38.8 Å². The van der Waals surface area contributed by atoms with E-state index in [1.165, 1.54) is 12.1 Å². The van der Waals surface area contributed by atoms with Crippen LogP contribution in [0.15, 0.2) is 18.2 Å². The summed E-state index contributed by atoms with van der Waals surface area (Å²) >= 11 is 0. The second kappa shape index (κ2) is 7.29. The fraction of sp³-hybridized carbons (Fsp3) is 0.500. The van der Waals surface area contributed by atoms with Gasteiger partial charge >= 0.3 is 11.9 Å². The predicted octanol–water partition coefficient (Wildman–Crippen LogP) is 3.07. The number of nitrogens with one attached hydrogen (secondary N) is 1. The number of rotatable bonds is 6. The molecular weight excluding hydrogens is 316 g/mol. The minimum atomic E-state index is -1.12.